The monoisotopic (exact) mass is 300 g/mol. The van der Waals surface area contributed by atoms with E-state index in [4.69, 9.17) is 10.5 Å². The zero-order valence-corrected chi connectivity index (χ0v) is 12.7. The van der Waals surface area contributed by atoms with E-state index in [0.717, 1.165) is 27.4 Å². The van der Waals surface area contributed by atoms with Crippen molar-refractivity contribution >= 4 is 17.2 Å². The lowest BCUT2D eigenvalue weighted by Gasteiger charge is -2.06. The van der Waals surface area contributed by atoms with Crippen molar-refractivity contribution in [3.05, 3.63) is 36.0 Å². The Morgan fingerprint density at radius 1 is 1.29 bits per heavy atom. The lowest BCUT2D eigenvalue weighted by atomic mass is 10.0. The molecule has 0 aliphatic carbocycles. The van der Waals surface area contributed by atoms with Gasteiger partial charge in [0.1, 0.15) is 17.3 Å². The third-order valence-corrected chi connectivity index (χ3v) is 3.99. The van der Waals surface area contributed by atoms with Crippen LogP contribution in [0.3, 0.4) is 0 Å². The van der Waals surface area contributed by atoms with Crippen LogP contribution in [0.25, 0.3) is 21.7 Å². The first-order valence-electron chi connectivity index (χ1n) is 6.65. The van der Waals surface area contributed by atoms with Crippen molar-refractivity contribution in [2.75, 3.05) is 12.3 Å². The normalized spacial score (nSPS) is 10.8. The molecule has 3 aromatic rings. The van der Waals surface area contributed by atoms with E-state index in [0.29, 0.717) is 12.4 Å². The molecular formula is C15H16N4OS. The summed E-state index contributed by atoms with van der Waals surface area (Å²) in [5, 5.41) is 4.52. The predicted octanol–water partition coefficient (Wildman–Crippen LogP) is 3.19. The quantitative estimate of drug-likeness (QED) is 0.803. The van der Waals surface area contributed by atoms with Crippen LogP contribution in [0, 0.1) is 0 Å². The summed E-state index contributed by atoms with van der Waals surface area (Å²) in [6, 6.07) is 7.90. The predicted molar refractivity (Wildman–Crippen MR) is 85.3 cm³/mol. The molecule has 5 nitrogen and oxygen atoms in total. The van der Waals surface area contributed by atoms with Crippen LogP contribution in [-0.2, 0) is 7.05 Å². The van der Waals surface area contributed by atoms with Crippen LogP contribution >= 0.6 is 11.3 Å². The number of rotatable bonds is 4. The van der Waals surface area contributed by atoms with Crippen molar-refractivity contribution in [2.45, 2.75) is 6.92 Å². The average molecular weight is 300 g/mol. The number of nitrogens with zero attached hydrogens (tertiary/aromatic N) is 3. The molecule has 0 saturated heterocycles. The summed E-state index contributed by atoms with van der Waals surface area (Å²) in [6.45, 7) is 2.62. The second kappa shape index (κ2) is 5.57. The van der Waals surface area contributed by atoms with Gasteiger partial charge in [-0.15, -0.1) is 11.3 Å². The Morgan fingerprint density at radius 3 is 2.67 bits per heavy atom. The van der Waals surface area contributed by atoms with Crippen molar-refractivity contribution < 1.29 is 4.74 Å². The molecule has 0 radical (unpaired) electrons. The smallest absolute Gasteiger partial charge is 0.129 e. The lowest BCUT2D eigenvalue weighted by molar-refractivity contribution is 0.340. The highest BCUT2D eigenvalue weighted by Gasteiger charge is 2.18. The Balaban J connectivity index is 2.09. The standard InChI is InChI=1S/C15H16N4OS/c1-3-20-11-6-4-10(5-7-11)13-14(12-8-17-9-21-12)18-19(2)15(13)16/h4-9H,3,16H2,1-2H3. The first kappa shape index (κ1) is 13.6. The van der Waals surface area contributed by atoms with Gasteiger partial charge in [-0.1, -0.05) is 12.1 Å². The molecule has 0 amide bonds. The van der Waals surface area contributed by atoms with Crippen LogP contribution in [0.5, 0.6) is 5.75 Å². The minimum atomic E-state index is 0.641. The molecule has 1 aromatic carbocycles. The van der Waals surface area contributed by atoms with E-state index in [1.807, 2.05) is 44.4 Å². The molecule has 0 saturated carbocycles. The zero-order valence-electron chi connectivity index (χ0n) is 11.9. The fraction of sp³-hybridized carbons (Fsp3) is 0.200. The fourth-order valence-electron chi connectivity index (χ4n) is 2.21. The van der Waals surface area contributed by atoms with E-state index < -0.39 is 0 Å². The third-order valence-electron chi connectivity index (χ3n) is 3.21. The summed E-state index contributed by atoms with van der Waals surface area (Å²) in [6.07, 6.45) is 1.81. The van der Waals surface area contributed by atoms with Crippen molar-refractivity contribution in [3.8, 4) is 27.4 Å². The molecule has 0 fully saturated rings. The van der Waals surface area contributed by atoms with Gasteiger partial charge in [0.2, 0.25) is 0 Å². The number of nitrogens with two attached hydrogens (primary N) is 1. The van der Waals surface area contributed by atoms with E-state index >= 15 is 0 Å². The highest BCUT2D eigenvalue weighted by molar-refractivity contribution is 7.13. The number of aromatic nitrogens is 3. The third kappa shape index (κ3) is 2.50. The first-order chi connectivity index (χ1) is 10.2. The van der Waals surface area contributed by atoms with Crippen LogP contribution in [0.4, 0.5) is 5.82 Å². The SMILES string of the molecule is CCOc1ccc(-c2c(-c3cncs3)nn(C)c2N)cc1. The molecule has 21 heavy (non-hydrogen) atoms. The van der Waals surface area contributed by atoms with Gasteiger partial charge in [0.05, 0.1) is 22.6 Å². The Kier molecular flexibility index (Phi) is 3.62. The number of anilines is 1. The largest absolute Gasteiger partial charge is 0.494 e. The molecule has 108 valence electrons. The molecule has 2 heterocycles. The minimum absolute atomic E-state index is 0.641. The van der Waals surface area contributed by atoms with Gasteiger partial charge in [-0.25, -0.2) is 0 Å². The molecule has 0 spiro atoms. The molecule has 2 N–H and O–H groups in total. The highest BCUT2D eigenvalue weighted by Crippen LogP contribution is 2.37. The molecule has 0 unspecified atom stereocenters. The maximum Gasteiger partial charge on any atom is 0.129 e. The van der Waals surface area contributed by atoms with Gasteiger partial charge >= 0.3 is 0 Å². The van der Waals surface area contributed by atoms with Crippen LogP contribution < -0.4 is 10.5 Å². The average Bonchev–Trinajstić information content (AvgIpc) is 3.10. The summed E-state index contributed by atoms with van der Waals surface area (Å²) >= 11 is 1.55. The van der Waals surface area contributed by atoms with Gasteiger partial charge < -0.3 is 10.5 Å². The van der Waals surface area contributed by atoms with Gasteiger partial charge in [0.15, 0.2) is 0 Å². The number of thiazole rings is 1. The van der Waals surface area contributed by atoms with Crippen LogP contribution in [0.1, 0.15) is 6.92 Å². The Labute approximate surface area is 127 Å². The molecule has 6 heteroatoms. The van der Waals surface area contributed by atoms with E-state index in [1.54, 1.807) is 21.5 Å². The number of aryl methyl sites for hydroxylation is 1. The highest BCUT2D eigenvalue weighted by atomic mass is 32.1. The van der Waals surface area contributed by atoms with Gasteiger partial charge in [0.25, 0.3) is 0 Å². The number of benzene rings is 1. The molecule has 0 aliphatic rings. The summed E-state index contributed by atoms with van der Waals surface area (Å²) < 4.78 is 7.17. The molecule has 3 rings (SSSR count). The number of nitrogen functional groups attached to an aromatic ring is 1. The summed E-state index contributed by atoms with van der Waals surface area (Å²) in [4.78, 5) is 5.12. The van der Waals surface area contributed by atoms with E-state index in [2.05, 4.69) is 10.1 Å². The molecule has 0 atom stereocenters. The second-order valence-electron chi connectivity index (χ2n) is 4.56. The minimum Gasteiger partial charge on any atom is -0.494 e. The van der Waals surface area contributed by atoms with Gasteiger partial charge in [-0.2, -0.15) is 5.10 Å². The Hall–Kier alpha value is -2.34. The maximum absolute atomic E-state index is 6.19. The second-order valence-corrected chi connectivity index (χ2v) is 5.44. The van der Waals surface area contributed by atoms with Crippen LogP contribution in [0.2, 0.25) is 0 Å². The summed E-state index contributed by atoms with van der Waals surface area (Å²) in [7, 11) is 1.85. The molecule has 0 aliphatic heterocycles. The maximum atomic E-state index is 6.19. The van der Waals surface area contributed by atoms with Gasteiger partial charge in [-0.05, 0) is 24.6 Å². The van der Waals surface area contributed by atoms with E-state index in [9.17, 15) is 0 Å². The van der Waals surface area contributed by atoms with Crippen molar-refractivity contribution in [3.63, 3.8) is 0 Å². The lowest BCUT2D eigenvalue weighted by Crippen LogP contribution is -1.98. The summed E-state index contributed by atoms with van der Waals surface area (Å²) in [5.41, 5.74) is 10.8. The number of ether oxygens (including phenoxy) is 1. The Bertz CT molecular complexity index is 732. The van der Waals surface area contributed by atoms with Crippen LogP contribution in [0.15, 0.2) is 36.0 Å². The van der Waals surface area contributed by atoms with E-state index in [-0.39, 0.29) is 0 Å². The van der Waals surface area contributed by atoms with Crippen LogP contribution in [-0.4, -0.2) is 21.4 Å². The van der Waals surface area contributed by atoms with Crippen molar-refractivity contribution in [1.29, 1.82) is 0 Å². The first-order valence-corrected chi connectivity index (χ1v) is 7.53. The number of hydrogen-bond acceptors (Lipinski definition) is 5. The topological polar surface area (TPSA) is 66.0 Å². The summed E-state index contributed by atoms with van der Waals surface area (Å²) in [5.74, 6) is 1.49. The number of hydrogen-bond donors (Lipinski definition) is 1. The van der Waals surface area contributed by atoms with Crippen molar-refractivity contribution in [1.82, 2.24) is 14.8 Å². The molecular weight excluding hydrogens is 284 g/mol. The Morgan fingerprint density at radius 2 is 2.05 bits per heavy atom. The van der Waals surface area contributed by atoms with Crippen molar-refractivity contribution in [2.24, 2.45) is 7.05 Å². The van der Waals surface area contributed by atoms with Gasteiger partial charge in [-0.3, -0.25) is 9.67 Å². The van der Waals surface area contributed by atoms with Gasteiger partial charge in [0, 0.05) is 13.2 Å². The fourth-order valence-corrected chi connectivity index (χ4v) is 2.82. The van der Waals surface area contributed by atoms with E-state index in [1.165, 1.54) is 0 Å². The molecule has 0 bridgehead atoms. The molecule has 2 aromatic heterocycles. The zero-order chi connectivity index (χ0) is 14.8.